The molecule has 0 atom stereocenters. The average Bonchev–Trinajstić information content (AvgIpc) is 2.13. The van der Waals surface area contributed by atoms with E-state index in [1.54, 1.807) is 17.2 Å². The lowest BCUT2D eigenvalue weighted by Crippen LogP contribution is -2.43. The average molecular weight is 223 g/mol. The molecule has 1 rings (SSSR count). The van der Waals surface area contributed by atoms with E-state index in [1.165, 1.54) is 0 Å². The Morgan fingerprint density at radius 1 is 1.19 bits per heavy atom. The first-order valence-electron chi connectivity index (χ1n) is 5.57. The van der Waals surface area contributed by atoms with Crippen molar-refractivity contribution in [2.45, 2.75) is 46.3 Å². The molecule has 1 aromatic rings. The highest BCUT2D eigenvalue weighted by molar-refractivity contribution is 5.57. The number of rotatable bonds is 3. The zero-order chi connectivity index (χ0) is 12.3. The Balaban J connectivity index is 3.07. The molecular formula is C13H21NO2. The fraction of sp³-hybridized carbons (Fsp3) is 0.538. The molecule has 16 heavy (non-hydrogen) atoms. The number of hydrogen-bond donors (Lipinski definition) is 1. The monoisotopic (exact) mass is 223 g/mol. The second-order valence-electron chi connectivity index (χ2n) is 5.11. The number of anilines is 1. The van der Waals surface area contributed by atoms with Crippen molar-refractivity contribution < 1.29 is 9.94 Å². The molecule has 0 heterocycles. The van der Waals surface area contributed by atoms with Gasteiger partial charge in [0.25, 0.3) is 0 Å². The van der Waals surface area contributed by atoms with E-state index in [1.807, 2.05) is 46.8 Å². The van der Waals surface area contributed by atoms with Crippen LogP contribution in [0, 0.1) is 0 Å². The van der Waals surface area contributed by atoms with E-state index in [0.717, 1.165) is 0 Å². The van der Waals surface area contributed by atoms with Gasteiger partial charge in [0.1, 0.15) is 11.4 Å². The molecule has 0 saturated heterocycles. The normalized spacial score (nSPS) is 11.9. The van der Waals surface area contributed by atoms with Gasteiger partial charge in [0.05, 0.1) is 11.6 Å². The Bertz CT molecular complexity index is 342. The third kappa shape index (κ3) is 3.14. The maximum Gasteiger partial charge on any atom is 0.141 e. The number of benzene rings is 1. The fourth-order valence-electron chi connectivity index (χ4n) is 1.42. The van der Waals surface area contributed by atoms with Gasteiger partial charge in [0, 0.05) is 0 Å². The van der Waals surface area contributed by atoms with E-state index in [2.05, 4.69) is 0 Å². The van der Waals surface area contributed by atoms with E-state index < -0.39 is 0 Å². The summed E-state index contributed by atoms with van der Waals surface area (Å²) in [6, 6.07) is 7.20. The molecule has 0 fully saturated rings. The van der Waals surface area contributed by atoms with Crippen LogP contribution in [-0.2, 0) is 4.84 Å². The van der Waals surface area contributed by atoms with Crippen LogP contribution < -0.4 is 5.06 Å². The lowest BCUT2D eigenvalue weighted by atomic mass is 10.1. The molecule has 1 aromatic carbocycles. The molecule has 90 valence electrons. The largest absolute Gasteiger partial charge is 0.506 e. The highest BCUT2D eigenvalue weighted by Crippen LogP contribution is 2.32. The van der Waals surface area contributed by atoms with Crippen LogP contribution in [0.1, 0.15) is 34.6 Å². The van der Waals surface area contributed by atoms with Gasteiger partial charge in [-0.3, -0.25) is 4.84 Å². The van der Waals surface area contributed by atoms with Crippen molar-refractivity contribution in [3.05, 3.63) is 24.3 Å². The predicted molar refractivity (Wildman–Crippen MR) is 66.6 cm³/mol. The Labute approximate surface area is 97.6 Å². The van der Waals surface area contributed by atoms with Crippen LogP contribution in [0.25, 0.3) is 0 Å². The molecule has 0 aliphatic heterocycles. The molecule has 0 radical (unpaired) electrons. The summed E-state index contributed by atoms with van der Waals surface area (Å²) in [5.74, 6) is 0.234. The van der Waals surface area contributed by atoms with Crippen molar-refractivity contribution in [1.29, 1.82) is 0 Å². The van der Waals surface area contributed by atoms with Gasteiger partial charge < -0.3 is 5.11 Å². The second-order valence-corrected chi connectivity index (χ2v) is 5.11. The van der Waals surface area contributed by atoms with E-state index in [0.29, 0.717) is 5.69 Å². The molecule has 0 aromatic heterocycles. The van der Waals surface area contributed by atoms with Gasteiger partial charge in [-0.1, -0.05) is 12.1 Å². The minimum absolute atomic E-state index is 0.0684. The Hall–Kier alpha value is -1.22. The standard InChI is InChI=1S/C13H21NO2/c1-10(2)16-14(13(3,4)5)11-8-6-7-9-12(11)15/h6-10,15H,1-5H3. The molecule has 0 bridgehead atoms. The smallest absolute Gasteiger partial charge is 0.141 e. The number of phenols is 1. The quantitative estimate of drug-likeness (QED) is 0.798. The number of aromatic hydroxyl groups is 1. The maximum atomic E-state index is 9.84. The summed E-state index contributed by atoms with van der Waals surface area (Å²) >= 11 is 0. The van der Waals surface area contributed by atoms with Crippen molar-refractivity contribution in [3.8, 4) is 5.75 Å². The van der Waals surface area contributed by atoms with Gasteiger partial charge in [-0.15, -0.1) is 0 Å². The Kier molecular flexibility index (Phi) is 3.81. The summed E-state index contributed by atoms with van der Waals surface area (Å²) in [5, 5.41) is 11.6. The maximum absolute atomic E-state index is 9.84. The van der Waals surface area contributed by atoms with Gasteiger partial charge in [-0.05, 0) is 46.8 Å². The van der Waals surface area contributed by atoms with Crippen molar-refractivity contribution in [2.75, 3.05) is 5.06 Å². The van der Waals surface area contributed by atoms with Gasteiger partial charge >= 0.3 is 0 Å². The van der Waals surface area contributed by atoms with Crippen LogP contribution >= 0.6 is 0 Å². The molecule has 3 heteroatoms. The van der Waals surface area contributed by atoms with Crippen molar-refractivity contribution in [1.82, 2.24) is 0 Å². The molecule has 0 unspecified atom stereocenters. The lowest BCUT2D eigenvalue weighted by molar-refractivity contribution is 0.0211. The highest BCUT2D eigenvalue weighted by Gasteiger charge is 2.25. The molecule has 3 nitrogen and oxygen atoms in total. The van der Waals surface area contributed by atoms with Crippen LogP contribution in [-0.4, -0.2) is 16.7 Å². The number of hydroxylamine groups is 1. The van der Waals surface area contributed by atoms with E-state index in [-0.39, 0.29) is 17.4 Å². The fourth-order valence-corrected chi connectivity index (χ4v) is 1.42. The van der Waals surface area contributed by atoms with Crippen molar-refractivity contribution in [3.63, 3.8) is 0 Å². The molecule has 0 spiro atoms. The van der Waals surface area contributed by atoms with E-state index in [4.69, 9.17) is 4.84 Å². The summed E-state index contributed by atoms with van der Waals surface area (Å²) in [6.07, 6.45) is 0.0684. The number of nitrogens with zero attached hydrogens (tertiary/aromatic N) is 1. The first-order valence-corrected chi connectivity index (χ1v) is 5.57. The third-order valence-electron chi connectivity index (χ3n) is 2.03. The van der Waals surface area contributed by atoms with Crippen LogP contribution in [0.15, 0.2) is 24.3 Å². The summed E-state index contributed by atoms with van der Waals surface area (Å²) in [5.41, 5.74) is 0.493. The molecule has 0 amide bonds. The topological polar surface area (TPSA) is 32.7 Å². The van der Waals surface area contributed by atoms with Crippen LogP contribution in [0.4, 0.5) is 5.69 Å². The number of hydrogen-bond acceptors (Lipinski definition) is 3. The van der Waals surface area contributed by atoms with Gasteiger partial charge in [0.2, 0.25) is 0 Å². The van der Waals surface area contributed by atoms with E-state index in [9.17, 15) is 5.11 Å². The second kappa shape index (κ2) is 4.74. The Morgan fingerprint density at radius 2 is 1.75 bits per heavy atom. The third-order valence-corrected chi connectivity index (χ3v) is 2.03. The minimum Gasteiger partial charge on any atom is -0.506 e. The molecule has 0 aliphatic rings. The highest BCUT2D eigenvalue weighted by atomic mass is 16.7. The van der Waals surface area contributed by atoms with Crippen molar-refractivity contribution in [2.24, 2.45) is 0 Å². The predicted octanol–water partition coefficient (Wildman–Crippen LogP) is 3.34. The SMILES string of the molecule is CC(C)ON(c1ccccc1O)C(C)(C)C. The first-order chi connectivity index (χ1) is 7.32. The molecule has 0 saturated carbocycles. The van der Waals surface area contributed by atoms with Crippen LogP contribution in [0.5, 0.6) is 5.75 Å². The van der Waals surface area contributed by atoms with Gasteiger partial charge in [-0.2, -0.15) is 0 Å². The summed E-state index contributed by atoms with van der Waals surface area (Å²) < 4.78 is 0. The molecular weight excluding hydrogens is 202 g/mol. The molecule has 0 aliphatic carbocycles. The first kappa shape index (κ1) is 12.8. The van der Waals surface area contributed by atoms with Crippen molar-refractivity contribution >= 4 is 5.69 Å². The lowest BCUT2D eigenvalue weighted by Gasteiger charge is -2.37. The summed E-state index contributed by atoms with van der Waals surface area (Å²) in [6.45, 7) is 10.1. The minimum atomic E-state index is -0.205. The summed E-state index contributed by atoms with van der Waals surface area (Å²) in [4.78, 5) is 5.75. The Morgan fingerprint density at radius 3 is 2.19 bits per heavy atom. The van der Waals surface area contributed by atoms with Gasteiger partial charge in [0.15, 0.2) is 0 Å². The summed E-state index contributed by atoms with van der Waals surface area (Å²) in [7, 11) is 0. The zero-order valence-electron chi connectivity index (χ0n) is 10.7. The molecule has 1 N–H and O–H groups in total. The van der Waals surface area contributed by atoms with Crippen LogP contribution in [0.3, 0.4) is 0 Å². The van der Waals surface area contributed by atoms with Gasteiger partial charge in [-0.25, -0.2) is 5.06 Å². The number of phenolic OH excluding ortho intramolecular Hbond substituents is 1. The van der Waals surface area contributed by atoms with Crippen LogP contribution in [0.2, 0.25) is 0 Å². The number of para-hydroxylation sites is 2. The van der Waals surface area contributed by atoms with E-state index >= 15 is 0 Å². The zero-order valence-corrected chi connectivity index (χ0v) is 10.7.